The first-order chi connectivity index (χ1) is 11.3. The number of hydrogen-bond donors (Lipinski definition) is 1. The molecule has 0 saturated carbocycles. The minimum atomic E-state index is -0.192. The van der Waals surface area contributed by atoms with Crippen LogP contribution >= 0.6 is 0 Å². The van der Waals surface area contributed by atoms with E-state index in [2.05, 4.69) is 22.4 Å². The molecule has 23 heavy (non-hydrogen) atoms. The van der Waals surface area contributed by atoms with Gasteiger partial charge >= 0.3 is 0 Å². The summed E-state index contributed by atoms with van der Waals surface area (Å²) in [6.07, 6.45) is 2.54. The summed E-state index contributed by atoms with van der Waals surface area (Å²) in [7, 11) is 1.57. The Hall–Kier alpha value is -2.40. The van der Waals surface area contributed by atoms with Crippen molar-refractivity contribution in [1.29, 1.82) is 0 Å². The quantitative estimate of drug-likeness (QED) is 0.922. The van der Waals surface area contributed by atoms with Crippen LogP contribution in [0, 0.1) is 5.92 Å². The number of pyridine rings is 1. The fraction of sp³-hybridized carbons (Fsp3) is 0.333. The van der Waals surface area contributed by atoms with E-state index >= 15 is 0 Å². The van der Waals surface area contributed by atoms with Crippen LogP contribution < -0.4 is 10.1 Å². The molecular weight excluding hydrogens is 292 g/mol. The minimum Gasteiger partial charge on any atom is -0.497 e. The second-order valence-electron chi connectivity index (χ2n) is 5.54. The van der Waals surface area contributed by atoms with Gasteiger partial charge in [0.25, 0.3) is 5.91 Å². The zero-order valence-corrected chi connectivity index (χ0v) is 13.1. The van der Waals surface area contributed by atoms with E-state index in [1.54, 1.807) is 25.4 Å². The van der Waals surface area contributed by atoms with Gasteiger partial charge in [-0.2, -0.15) is 0 Å². The maximum atomic E-state index is 12.2. The highest BCUT2D eigenvalue weighted by atomic mass is 16.5. The standard InChI is InChI=1S/C18H20N2O3/c1-22-15-7-9-19-16(11-15)18(21)20-12-14-8-10-23-17(14)13-5-3-2-4-6-13/h2-7,9,11,14,17H,8,10,12H2,1H3,(H,20,21)/t14-,17-/m1/s1. The third kappa shape index (κ3) is 3.68. The number of amides is 1. The summed E-state index contributed by atoms with van der Waals surface area (Å²) < 4.78 is 11.0. The summed E-state index contributed by atoms with van der Waals surface area (Å²) in [6, 6.07) is 13.5. The normalized spacial score (nSPS) is 20.2. The Balaban J connectivity index is 1.62. The number of benzene rings is 1. The van der Waals surface area contributed by atoms with Crippen LogP contribution in [-0.4, -0.2) is 31.2 Å². The van der Waals surface area contributed by atoms with Crippen molar-refractivity contribution < 1.29 is 14.3 Å². The van der Waals surface area contributed by atoms with Gasteiger partial charge in [0.1, 0.15) is 11.4 Å². The van der Waals surface area contributed by atoms with Crippen molar-refractivity contribution in [2.45, 2.75) is 12.5 Å². The molecule has 1 aromatic heterocycles. The molecule has 0 aliphatic carbocycles. The Kier molecular flexibility index (Phi) is 4.88. The molecule has 1 aromatic carbocycles. The van der Waals surface area contributed by atoms with Crippen molar-refractivity contribution in [2.75, 3.05) is 20.3 Å². The smallest absolute Gasteiger partial charge is 0.270 e. The van der Waals surface area contributed by atoms with Crippen LogP contribution in [-0.2, 0) is 4.74 Å². The first kappa shape index (κ1) is 15.5. The summed E-state index contributed by atoms with van der Waals surface area (Å²) in [5.41, 5.74) is 1.52. The monoisotopic (exact) mass is 312 g/mol. The molecule has 0 unspecified atom stereocenters. The van der Waals surface area contributed by atoms with Crippen LogP contribution in [0.1, 0.15) is 28.6 Å². The van der Waals surface area contributed by atoms with E-state index in [0.717, 1.165) is 18.6 Å². The van der Waals surface area contributed by atoms with E-state index < -0.39 is 0 Å². The number of carbonyl (C=O) groups excluding carboxylic acids is 1. The molecule has 2 heterocycles. The average molecular weight is 312 g/mol. The van der Waals surface area contributed by atoms with E-state index in [1.807, 2.05) is 18.2 Å². The van der Waals surface area contributed by atoms with Gasteiger partial charge in [-0.1, -0.05) is 30.3 Å². The molecule has 2 aromatic rings. The maximum absolute atomic E-state index is 12.2. The molecule has 0 spiro atoms. The third-order valence-electron chi connectivity index (χ3n) is 4.07. The highest BCUT2D eigenvalue weighted by Gasteiger charge is 2.29. The predicted molar refractivity (Wildman–Crippen MR) is 86.4 cm³/mol. The van der Waals surface area contributed by atoms with Crippen LogP contribution in [0.15, 0.2) is 48.7 Å². The van der Waals surface area contributed by atoms with Gasteiger partial charge in [-0.15, -0.1) is 0 Å². The number of nitrogens with zero attached hydrogens (tertiary/aromatic N) is 1. The van der Waals surface area contributed by atoms with Crippen molar-refractivity contribution in [1.82, 2.24) is 10.3 Å². The fourth-order valence-corrected chi connectivity index (χ4v) is 2.83. The summed E-state index contributed by atoms with van der Waals surface area (Å²) in [5, 5.41) is 2.95. The van der Waals surface area contributed by atoms with Crippen LogP contribution in [0.25, 0.3) is 0 Å². The highest BCUT2D eigenvalue weighted by molar-refractivity contribution is 5.92. The number of nitrogens with one attached hydrogen (secondary N) is 1. The van der Waals surface area contributed by atoms with E-state index in [9.17, 15) is 4.79 Å². The lowest BCUT2D eigenvalue weighted by atomic mass is 9.95. The van der Waals surface area contributed by atoms with Gasteiger partial charge < -0.3 is 14.8 Å². The molecule has 5 heteroatoms. The van der Waals surface area contributed by atoms with Gasteiger partial charge in [-0.25, -0.2) is 0 Å². The molecule has 1 aliphatic heterocycles. The van der Waals surface area contributed by atoms with Crippen molar-refractivity contribution in [3.05, 3.63) is 59.9 Å². The number of rotatable bonds is 5. The largest absolute Gasteiger partial charge is 0.497 e. The number of carbonyl (C=O) groups is 1. The molecule has 1 amide bonds. The zero-order valence-electron chi connectivity index (χ0n) is 13.1. The number of aromatic nitrogens is 1. The second-order valence-corrected chi connectivity index (χ2v) is 5.54. The van der Waals surface area contributed by atoms with Gasteiger partial charge in [-0.05, 0) is 18.1 Å². The maximum Gasteiger partial charge on any atom is 0.270 e. The van der Waals surface area contributed by atoms with Crippen molar-refractivity contribution in [2.24, 2.45) is 5.92 Å². The lowest BCUT2D eigenvalue weighted by molar-refractivity contribution is 0.0844. The van der Waals surface area contributed by atoms with Crippen LogP contribution in [0.5, 0.6) is 5.75 Å². The number of ether oxygens (including phenoxy) is 2. The molecule has 1 saturated heterocycles. The third-order valence-corrected chi connectivity index (χ3v) is 4.07. The van der Waals surface area contributed by atoms with Gasteiger partial charge in [0.2, 0.25) is 0 Å². The summed E-state index contributed by atoms with van der Waals surface area (Å²) >= 11 is 0. The Morgan fingerprint density at radius 2 is 2.17 bits per heavy atom. The van der Waals surface area contributed by atoms with E-state index in [0.29, 0.717) is 18.0 Å². The zero-order chi connectivity index (χ0) is 16.1. The molecule has 3 rings (SSSR count). The molecular formula is C18H20N2O3. The molecule has 0 radical (unpaired) electrons. The van der Waals surface area contributed by atoms with Crippen LogP contribution in [0.2, 0.25) is 0 Å². The van der Waals surface area contributed by atoms with Gasteiger partial charge in [0.05, 0.1) is 13.2 Å². The number of hydrogen-bond acceptors (Lipinski definition) is 4. The van der Waals surface area contributed by atoms with Crippen LogP contribution in [0.3, 0.4) is 0 Å². The summed E-state index contributed by atoms with van der Waals surface area (Å²) in [4.78, 5) is 16.3. The van der Waals surface area contributed by atoms with E-state index in [4.69, 9.17) is 9.47 Å². The molecule has 1 fully saturated rings. The van der Waals surface area contributed by atoms with Crippen molar-refractivity contribution in [3.8, 4) is 5.75 Å². The molecule has 0 bridgehead atoms. The Morgan fingerprint density at radius 1 is 1.35 bits per heavy atom. The lowest BCUT2D eigenvalue weighted by Gasteiger charge is -2.19. The van der Waals surface area contributed by atoms with Crippen LogP contribution in [0.4, 0.5) is 0 Å². The molecule has 1 aliphatic rings. The van der Waals surface area contributed by atoms with Crippen molar-refractivity contribution >= 4 is 5.91 Å². The van der Waals surface area contributed by atoms with Gasteiger partial charge in [0, 0.05) is 31.3 Å². The predicted octanol–water partition coefficient (Wildman–Crippen LogP) is 2.60. The molecule has 120 valence electrons. The second kappa shape index (κ2) is 7.24. The first-order valence-electron chi connectivity index (χ1n) is 7.72. The Bertz CT molecular complexity index is 660. The minimum absolute atomic E-state index is 0.0368. The Morgan fingerprint density at radius 3 is 2.96 bits per heavy atom. The van der Waals surface area contributed by atoms with Gasteiger partial charge in [-0.3, -0.25) is 9.78 Å². The number of methoxy groups -OCH3 is 1. The van der Waals surface area contributed by atoms with Crippen molar-refractivity contribution in [3.63, 3.8) is 0 Å². The molecule has 1 N–H and O–H groups in total. The average Bonchev–Trinajstić information content (AvgIpc) is 3.09. The summed E-state index contributed by atoms with van der Waals surface area (Å²) in [6.45, 7) is 1.29. The lowest BCUT2D eigenvalue weighted by Crippen LogP contribution is -2.31. The van der Waals surface area contributed by atoms with E-state index in [1.165, 1.54) is 0 Å². The Labute approximate surface area is 135 Å². The topological polar surface area (TPSA) is 60.5 Å². The summed E-state index contributed by atoms with van der Waals surface area (Å²) in [5.74, 6) is 0.700. The highest BCUT2D eigenvalue weighted by Crippen LogP contribution is 2.33. The van der Waals surface area contributed by atoms with Gasteiger partial charge in [0.15, 0.2) is 0 Å². The molecule has 5 nitrogen and oxygen atoms in total. The SMILES string of the molecule is COc1ccnc(C(=O)NC[C@H]2CCO[C@@H]2c2ccccc2)c1. The first-order valence-corrected chi connectivity index (χ1v) is 7.72. The fourth-order valence-electron chi connectivity index (χ4n) is 2.83. The molecule has 2 atom stereocenters. The van der Waals surface area contributed by atoms with E-state index in [-0.39, 0.29) is 17.9 Å².